The van der Waals surface area contributed by atoms with Crippen LogP contribution in [0.5, 0.6) is 0 Å². The third-order valence-electron chi connectivity index (χ3n) is 6.09. The number of aromatic nitrogens is 1. The van der Waals surface area contributed by atoms with E-state index in [9.17, 15) is 21.4 Å². The van der Waals surface area contributed by atoms with Crippen molar-refractivity contribution in [2.24, 2.45) is 5.92 Å². The molecule has 1 aliphatic carbocycles. The van der Waals surface area contributed by atoms with E-state index in [0.29, 0.717) is 44.2 Å². The summed E-state index contributed by atoms with van der Waals surface area (Å²) in [5.41, 5.74) is -1.39. The van der Waals surface area contributed by atoms with Crippen LogP contribution >= 0.6 is 12.1 Å². The van der Waals surface area contributed by atoms with Crippen LogP contribution < -0.4 is 10.4 Å². The van der Waals surface area contributed by atoms with E-state index in [1.807, 2.05) is 4.90 Å². The molecule has 0 bridgehead atoms. The van der Waals surface area contributed by atoms with Crippen LogP contribution in [0.1, 0.15) is 30.4 Å². The summed E-state index contributed by atoms with van der Waals surface area (Å²) in [5, 5.41) is 16.3. The molecular weight excluding hydrogens is 461 g/mol. The van der Waals surface area contributed by atoms with Crippen LogP contribution in [0.15, 0.2) is 35.4 Å². The van der Waals surface area contributed by atoms with Gasteiger partial charge in [0.2, 0.25) is 0 Å². The molecule has 0 unspecified atom stereocenters. The minimum Gasteiger partial charge on any atom is -0.367 e. The summed E-state index contributed by atoms with van der Waals surface area (Å²) in [6, 6.07) is 5.47. The summed E-state index contributed by atoms with van der Waals surface area (Å²) < 4.78 is 69.5. The van der Waals surface area contributed by atoms with Gasteiger partial charge in [0.15, 0.2) is 0 Å². The van der Waals surface area contributed by atoms with E-state index in [-0.39, 0.29) is 35.0 Å². The predicted molar refractivity (Wildman–Crippen MR) is 117 cm³/mol. The molecule has 178 valence electrons. The number of halogens is 5. The highest BCUT2D eigenvalue weighted by Gasteiger charge is 2.37. The molecule has 1 aliphatic heterocycles. The topological polar surface area (TPSA) is 59.1 Å². The van der Waals surface area contributed by atoms with Crippen LogP contribution in [0.4, 0.5) is 27.1 Å². The van der Waals surface area contributed by atoms with Crippen molar-refractivity contribution in [2.75, 3.05) is 31.1 Å². The summed E-state index contributed by atoms with van der Waals surface area (Å²) >= 11 is -0.0361. The first-order valence-corrected chi connectivity index (χ1v) is 11.4. The largest absolute Gasteiger partial charge is 0.420 e. The normalized spacial score (nSPS) is 17.4. The Morgan fingerprint density at radius 3 is 2.36 bits per heavy atom. The SMILES string of the molecule is N=C(CC1CC1)n1ccc(CN2CCN(c3ccc(SF)cc3F)CC2)c(C(F)(F)F)c1=N. The molecule has 0 atom stereocenters. The zero-order chi connectivity index (χ0) is 23.8. The number of hydrogen-bond acceptors (Lipinski definition) is 5. The quantitative estimate of drug-likeness (QED) is 0.342. The lowest BCUT2D eigenvalue weighted by atomic mass is 10.1. The van der Waals surface area contributed by atoms with Gasteiger partial charge in [-0.25, -0.2) is 4.39 Å². The zero-order valence-electron chi connectivity index (χ0n) is 17.8. The Morgan fingerprint density at radius 2 is 1.79 bits per heavy atom. The third-order valence-corrected chi connectivity index (χ3v) is 6.52. The highest BCUT2D eigenvalue weighted by atomic mass is 32.2. The Hall–Kier alpha value is -2.40. The molecule has 11 heteroatoms. The fourth-order valence-electron chi connectivity index (χ4n) is 4.14. The molecule has 0 radical (unpaired) electrons. The predicted octanol–water partition coefficient (Wildman–Crippen LogP) is 5.05. The lowest BCUT2D eigenvalue weighted by Crippen LogP contribution is -2.46. The van der Waals surface area contributed by atoms with Crippen LogP contribution in [0, 0.1) is 22.6 Å². The van der Waals surface area contributed by atoms with Crippen molar-refractivity contribution in [3.05, 3.63) is 52.9 Å². The first kappa shape index (κ1) is 23.7. The molecule has 2 fully saturated rings. The van der Waals surface area contributed by atoms with Gasteiger partial charge in [-0.1, -0.05) is 0 Å². The van der Waals surface area contributed by atoms with Crippen LogP contribution in [0.25, 0.3) is 0 Å². The van der Waals surface area contributed by atoms with Gasteiger partial charge < -0.3 is 4.90 Å². The van der Waals surface area contributed by atoms with Gasteiger partial charge in [-0.2, -0.15) is 17.1 Å². The van der Waals surface area contributed by atoms with Crippen LogP contribution in [-0.2, 0) is 12.7 Å². The maximum atomic E-state index is 14.3. The van der Waals surface area contributed by atoms with Crippen molar-refractivity contribution in [3.8, 4) is 0 Å². The molecule has 5 nitrogen and oxygen atoms in total. The average molecular weight is 486 g/mol. The summed E-state index contributed by atoms with van der Waals surface area (Å²) in [4.78, 5) is 3.80. The number of hydrogen-bond donors (Lipinski definition) is 2. The number of rotatable bonds is 6. The Morgan fingerprint density at radius 1 is 1.09 bits per heavy atom. The van der Waals surface area contributed by atoms with Crippen molar-refractivity contribution in [1.29, 1.82) is 10.8 Å². The molecule has 2 aliphatic rings. The second-order valence-electron chi connectivity index (χ2n) is 8.48. The van der Waals surface area contributed by atoms with Crippen LogP contribution in [0.3, 0.4) is 0 Å². The van der Waals surface area contributed by atoms with Gasteiger partial charge in [0, 0.05) is 50.2 Å². The van der Waals surface area contributed by atoms with E-state index in [4.69, 9.17) is 10.8 Å². The molecule has 1 saturated carbocycles. The van der Waals surface area contributed by atoms with Gasteiger partial charge in [-0.3, -0.25) is 20.3 Å². The molecule has 33 heavy (non-hydrogen) atoms. The molecule has 1 aromatic heterocycles. The van der Waals surface area contributed by atoms with Crippen molar-refractivity contribution in [1.82, 2.24) is 9.47 Å². The summed E-state index contributed by atoms with van der Waals surface area (Å²) in [6.45, 7) is 1.65. The second-order valence-corrected chi connectivity index (χ2v) is 9.11. The first-order valence-electron chi connectivity index (χ1n) is 10.7. The van der Waals surface area contributed by atoms with Crippen LogP contribution in [0.2, 0.25) is 0 Å². The fraction of sp³-hybridized carbons (Fsp3) is 0.455. The molecule has 1 aromatic carbocycles. The maximum absolute atomic E-state index is 14.3. The van der Waals surface area contributed by atoms with E-state index in [0.717, 1.165) is 23.5 Å². The Labute approximate surface area is 192 Å². The van der Waals surface area contributed by atoms with Gasteiger partial charge in [-0.15, -0.1) is 0 Å². The number of nitrogens with zero attached hydrogens (tertiary/aromatic N) is 3. The van der Waals surface area contributed by atoms with Crippen molar-refractivity contribution in [3.63, 3.8) is 0 Å². The number of anilines is 1. The van der Waals surface area contributed by atoms with Crippen molar-refractivity contribution in [2.45, 2.75) is 36.9 Å². The van der Waals surface area contributed by atoms with E-state index < -0.39 is 23.0 Å². The van der Waals surface area contributed by atoms with Gasteiger partial charge in [0.25, 0.3) is 0 Å². The summed E-state index contributed by atoms with van der Waals surface area (Å²) in [7, 11) is 0. The first-order chi connectivity index (χ1) is 15.7. The Bertz CT molecular complexity index is 1090. The highest BCUT2D eigenvalue weighted by Crippen LogP contribution is 2.33. The van der Waals surface area contributed by atoms with Crippen LogP contribution in [-0.4, -0.2) is 41.5 Å². The monoisotopic (exact) mass is 485 g/mol. The van der Waals surface area contributed by atoms with E-state index in [2.05, 4.69) is 0 Å². The Kier molecular flexibility index (Phi) is 6.81. The number of benzene rings is 1. The minimum absolute atomic E-state index is 0.00523. The lowest BCUT2D eigenvalue weighted by molar-refractivity contribution is -0.140. The Balaban J connectivity index is 1.48. The molecule has 0 amide bonds. The standard InChI is InChI=1S/C22H24F5N5S/c23-17-12-16(33-27)3-4-18(17)31-9-7-30(8-10-31)13-15-5-6-32(19(28)11-14-1-2-14)21(29)20(15)22(24,25)26/h3-6,12,14,28-29H,1-2,7-11,13H2. The summed E-state index contributed by atoms with van der Waals surface area (Å²) in [5.74, 6) is -0.204. The third kappa shape index (κ3) is 5.40. The average Bonchev–Trinajstić information content (AvgIpc) is 3.57. The summed E-state index contributed by atoms with van der Waals surface area (Å²) in [6.07, 6.45) is -1.02. The maximum Gasteiger partial charge on any atom is 0.420 e. The van der Waals surface area contributed by atoms with E-state index >= 15 is 0 Å². The van der Waals surface area contributed by atoms with Gasteiger partial charge >= 0.3 is 6.18 Å². The lowest BCUT2D eigenvalue weighted by Gasteiger charge is -2.36. The molecule has 4 rings (SSSR count). The zero-order valence-corrected chi connectivity index (χ0v) is 18.6. The fourth-order valence-corrected chi connectivity index (χ4v) is 4.41. The molecule has 0 spiro atoms. The smallest absolute Gasteiger partial charge is 0.367 e. The van der Waals surface area contributed by atoms with Gasteiger partial charge in [-0.05, 0) is 48.6 Å². The number of nitrogens with one attached hydrogen (secondary N) is 2. The number of piperazine rings is 1. The van der Waals surface area contributed by atoms with Gasteiger partial charge in [0.1, 0.15) is 22.7 Å². The van der Waals surface area contributed by atoms with E-state index in [1.54, 1.807) is 4.90 Å². The van der Waals surface area contributed by atoms with Gasteiger partial charge in [0.05, 0.1) is 17.8 Å². The van der Waals surface area contributed by atoms with Crippen molar-refractivity contribution < 1.29 is 21.4 Å². The molecular formula is C22H24F5N5S. The minimum atomic E-state index is -4.71. The molecule has 2 aromatic rings. The highest BCUT2D eigenvalue weighted by molar-refractivity contribution is 7.94. The molecule has 1 saturated heterocycles. The van der Waals surface area contributed by atoms with E-state index in [1.165, 1.54) is 24.4 Å². The number of pyridine rings is 1. The van der Waals surface area contributed by atoms with Crippen molar-refractivity contribution >= 4 is 23.7 Å². The molecule has 2 heterocycles. The molecule has 2 N–H and O–H groups in total. The number of alkyl halides is 3. The second kappa shape index (κ2) is 9.46.